The third kappa shape index (κ3) is 4.67. The van der Waals surface area contributed by atoms with E-state index in [4.69, 9.17) is 27.9 Å². The number of alkyl carbamates (subject to hydrolysis) is 1. The largest absolute Gasteiger partial charge is 0.453 e. The Bertz CT molecular complexity index is 1130. The van der Waals surface area contributed by atoms with E-state index in [1.54, 1.807) is 0 Å². The van der Waals surface area contributed by atoms with Gasteiger partial charge in [0.1, 0.15) is 0 Å². The summed E-state index contributed by atoms with van der Waals surface area (Å²) in [6.07, 6.45) is 3.68. The van der Waals surface area contributed by atoms with Crippen LogP contribution in [0.1, 0.15) is 48.4 Å². The number of amides is 1. The number of ether oxygens (including phenoxy) is 1. The van der Waals surface area contributed by atoms with Gasteiger partial charge >= 0.3 is 6.09 Å². The second-order valence-corrected chi connectivity index (χ2v) is 10.5. The number of nitrogens with zero attached hydrogens (tertiary/aromatic N) is 1. The number of nitrogens with one attached hydrogen (secondary N) is 1. The molecule has 3 aromatic rings. The maximum Gasteiger partial charge on any atom is 0.406 e. The molecular formula is C29H30Cl2N2O2. The molecule has 2 aliphatic heterocycles. The van der Waals surface area contributed by atoms with Gasteiger partial charge < -0.3 is 10.1 Å². The lowest BCUT2D eigenvalue weighted by atomic mass is 9.69. The highest BCUT2D eigenvalue weighted by Gasteiger charge is 2.51. The molecule has 1 amide bonds. The molecule has 4 nitrogen and oxygen atoms in total. The summed E-state index contributed by atoms with van der Waals surface area (Å²) in [5.41, 5.74) is 3.27. The zero-order valence-electron chi connectivity index (χ0n) is 19.8. The van der Waals surface area contributed by atoms with Crippen LogP contribution in [0.25, 0.3) is 0 Å². The molecule has 2 bridgehead atoms. The summed E-state index contributed by atoms with van der Waals surface area (Å²) in [6, 6.07) is 27.4. The first-order valence-corrected chi connectivity index (χ1v) is 12.9. The molecule has 35 heavy (non-hydrogen) atoms. The summed E-state index contributed by atoms with van der Waals surface area (Å²) in [4.78, 5) is 14.7. The first-order chi connectivity index (χ1) is 17.0. The lowest BCUT2D eigenvalue weighted by Crippen LogP contribution is -2.54. The van der Waals surface area contributed by atoms with E-state index in [1.807, 2.05) is 42.5 Å². The highest BCUT2D eigenvalue weighted by Crippen LogP contribution is 2.52. The van der Waals surface area contributed by atoms with Crippen molar-refractivity contribution in [1.82, 2.24) is 10.2 Å². The number of rotatable bonds is 6. The lowest BCUT2D eigenvalue weighted by Gasteiger charge is -2.50. The van der Waals surface area contributed by atoms with Crippen molar-refractivity contribution >= 4 is 29.3 Å². The van der Waals surface area contributed by atoms with Crippen LogP contribution in [0.2, 0.25) is 10.0 Å². The summed E-state index contributed by atoms with van der Waals surface area (Å²) in [5, 5.41) is 4.52. The molecule has 3 atom stereocenters. The zero-order valence-corrected chi connectivity index (χ0v) is 21.3. The predicted molar refractivity (Wildman–Crippen MR) is 141 cm³/mol. The molecule has 1 N–H and O–H groups in total. The van der Waals surface area contributed by atoms with Crippen LogP contribution < -0.4 is 5.32 Å². The summed E-state index contributed by atoms with van der Waals surface area (Å²) >= 11 is 13.6. The molecule has 0 spiro atoms. The van der Waals surface area contributed by atoms with Gasteiger partial charge in [0, 0.05) is 34.1 Å². The van der Waals surface area contributed by atoms with Gasteiger partial charge in [0.05, 0.1) is 13.2 Å². The van der Waals surface area contributed by atoms with Gasteiger partial charge in [-0.25, -0.2) is 4.79 Å². The van der Waals surface area contributed by atoms with Gasteiger partial charge in [-0.15, -0.1) is 0 Å². The fraction of sp³-hybridized carbons (Fsp3) is 0.345. The van der Waals surface area contributed by atoms with E-state index in [-0.39, 0.29) is 17.6 Å². The number of piperidine rings is 1. The van der Waals surface area contributed by atoms with Crippen LogP contribution in [-0.2, 0) is 10.2 Å². The van der Waals surface area contributed by atoms with Crippen LogP contribution >= 0.6 is 23.2 Å². The summed E-state index contributed by atoms with van der Waals surface area (Å²) in [5.74, 6) is 0. The molecule has 2 heterocycles. The lowest BCUT2D eigenvalue weighted by molar-refractivity contribution is 0.0563. The van der Waals surface area contributed by atoms with Gasteiger partial charge in [-0.2, -0.15) is 0 Å². The van der Waals surface area contributed by atoms with Crippen molar-refractivity contribution in [3.05, 3.63) is 106 Å². The van der Waals surface area contributed by atoms with Gasteiger partial charge in [-0.1, -0.05) is 89.9 Å². The smallest absolute Gasteiger partial charge is 0.406 e. The molecular weight excluding hydrogens is 479 g/mol. The van der Waals surface area contributed by atoms with E-state index in [9.17, 15) is 4.79 Å². The van der Waals surface area contributed by atoms with E-state index in [0.717, 1.165) is 46.9 Å². The van der Waals surface area contributed by atoms with E-state index >= 15 is 0 Å². The Hall–Kier alpha value is -2.53. The van der Waals surface area contributed by atoms with Gasteiger partial charge in [0.2, 0.25) is 0 Å². The number of fused-ring (bicyclic) bond motifs is 2. The number of hydrogen-bond acceptors (Lipinski definition) is 3. The Kier molecular flexibility index (Phi) is 7.06. The van der Waals surface area contributed by atoms with Crippen molar-refractivity contribution in [1.29, 1.82) is 0 Å². The summed E-state index contributed by atoms with van der Waals surface area (Å²) in [6.45, 7) is 0.549. The third-order valence-electron chi connectivity index (χ3n) is 7.77. The fourth-order valence-electron chi connectivity index (χ4n) is 6.27. The van der Waals surface area contributed by atoms with Crippen molar-refractivity contribution in [3.63, 3.8) is 0 Å². The molecule has 1 unspecified atom stereocenters. The molecule has 2 aliphatic rings. The second-order valence-electron chi connectivity index (χ2n) is 9.68. The normalized spacial score (nSPS) is 23.9. The molecule has 3 aromatic carbocycles. The molecule has 0 aromatic heterocycles. The van der Waals surface area contributed by atoms with Crippen LogP contribution in [-0.4, -0.2) is 36.7 Å². The number of carbonyl (C=O) groups is 1. The summed E-state index contributed by atoms with van der Waals surface area (Å²) in [7, 11) is 1.41. The second kappa shape index (κ2) is 10.2. The highest BCUT2D eigenvalue weighted by atomic mass is 35.5. The van der Waals surface area contributed by atoms with Crippen molar-refractivity contribution < 1.29 is 9.53 Å². The molecule has 6 heteroatoms. The number of methoxy groups -OCH3 is 1. The maximum absolute atomic E-state index is 12.1. The molecule has 0 radical (unpaired) electrons. The summed E-state index contributed by atoms with van der Waals surface area (Å²) < 4.78 is 4.90. The molecule has 5 rings (SSSR count). The van der Waals surface area contributed by atoms with Crippen molar-refractivity contribution in [2.45, 2.75) is 49.2 Å². The average Bonchev–Trinajstić information content (AvgIpc) is 3.15. The predicted octanol–water partition coefficient (Wildman–Crippen LogP) is 7.00. The van der Waals surface area contributed by atoms with Crippen LogP contribution in [0.3, 0.4) is 0 Å². The number of halogens is 2. The molecule has 182 valence electrons. The number of benzene rings is 3. The minimum Gasteiger partial charge on any atom is -0.453 e. The monoisotopic (exact) mass is 508 g/mol. The van der Waals surface area contributed by atoms with Crippen molar-refractivity contribution in [3.8, 4) is 0 Å². The van der Waals surface area contributed by atoms with Crippen LogP contribution in [0.15, 0.2) is 78.9 Å². The molecule has 0 saturated carbocycles. The number of carbonyl (C=O) groups excluding carboxylic acids is 1. The maximum atomic E-state index is 12.1. The quantitative estimate of drug-likeness (QED) is 0.389. The molecule has 2 fully saturated rings. The Labute approximate surface area is 217 Å². The van der Waals surface area contributed by atoms with Crippen LogP contribution in [0.5, 0.6) is 0 Å². The van der Waals surface area contributed by atoms with Crippen molar-refractivity contribution in [2.75, 3.05) is 13.7 Å². The van der Waals surface area contributed by atoms with Gasteiger partial charge in [-0.3, -0.25) is 4.90 Å². The Morgan fingerprint density at radius 1 is 0.914 bits per heavy atom. The molecule has 0 aliphatic carbocycles. The highest BCUT2D eigenvalue weighted by molar-refractivity contribution is 6.32. The Morgan fingerprint density at radius 2 is 1.43 bits per heavy atom. The number of hydrogen-bond donors (Lipinski definition) is 1. The first-order valence-electron chi connectivity index (χ1n) is 12.2. The van der Waals surface area contributed by atoms with Gasteiger partial charge in [0.15, 0.2) is 0 Å². The van der Waals surface area contributed by atoms with Crippen LogP contribution in [0.4, 0.5) is 4.79 Å². The fourth-order valence-corrected chi connectivity index (χ4v) is 6.75. The Balaban J connectivity index is 1.55. The third-order valence-corrected chi connectivity index (χ3v) is 8.46. The SMILES string of the molecule is COC(=O)NCC1(c2ccccc2)C[C@H]2CC[C@@H](C1)N2C(c1ccccc1Cl)c1ccccc1Cl. The van der Waals surface area contributed by atoms with E-state index < -0.39 is 0 Å². The van der Waals surface area contributed by atoms with Crippen LogP contribution in [0, 0.1) is 0 Å². The Morgan fingerprint density at radius 3 is 1.94 bits per heavy atom. The zero-order chi connectivity index (χ0) is 24.4. The van der Waals surface area contributed by atoms with Gasteiger partial charge in [0.25, 0.3) is 0 Å². The first kappa shape index (κ1) is 24.2. The minimum absolute atomic E-state index is 0.0303. The van der Waals surface area contributed by atoms with E-state index in [1.165, 1.54) is 12.7 Å². The molecule has 2 saturated heterocycles. The minimum atomic E-state index is -0.389. The topological polar surface area (TPSA) is 41.6 Å². The van der Waals surface area contributed by atoms with E-state index in [0.29, 0.717) is 18.6 Å². The average molecular weight is 509 g/mol. The van der Waals surface area contributed by atoms with Gasteiger partial charge in [-0.05, 0) is 54.5 Å². The van der Waals surface area contributed by atoms with Crippen molar-refractivity contribution in [2.24, 2.45) is 0 Å². The van der Waals surface area contributed by atoms with E-state index in [2.05, 4.69) is 46.6 Å². The standard InChI is InChI=1S/C29H30Cl2N2O2/c1-35-28(34)32-19-29(20-9-3-2-4-10-20)17-21-15-16-22(18-29)33(21)27(23-11-5-7-13-25(23)30)24-12-6-8-14-26(24)31/h2-14,21-22,27H,15-19H2,1H3,(H,32,34)/t21-,22+,29?.